The van der Waals surface area contributed by atoms with Crippen LogP contribution < -0.4 is 10.0 Å². The van der Waals surface area contributed by atoms with Gasteiger partial charge in [-0.3, -0.25) is 4.79 Å². The highest BCUT2D eigenvalue weighted by atomic mass is 32.2. The van der Waals surface area contributed by atoms with Crippen LogP contribution in [0, 0.1) is 0 Å². The lowest BCUT2D eigenvalue weighted by atomic mass is 10.1. The van der Waals surface area contributed by atoms with Gasteiger partial charge in [0.25, 0.3) is 5.91 Å². The zero-order chi connectivity index (χ0) is 23.8. The van der Waals surface area contributed by atoms with Gasteiger partial charge in [0.05, 0.1) is 17.8 Å². The van der Waals surface area contributed by atoms with E-state index >= 15 is 0 Å². The normalized spacial score (nSPS) is 11.4. The molecule has 0 saturated heterocycles. The van der Waals surface area contributed by atoms with Gasteiger partial charge in [-0.25, -0.2) is 13.1 Å². The van der Waals surface area contributed by atoms with Gasteiger partial charge in [0, 0.05) is 23.5 Å². The fraction of sp³-hybridized carbons (Fsp3) is 0.160. The van der Waals surface area contributed by atoms with Gasteiger partial charge in [0.2, 0.25) is 10.0 Å². The predicted molar refractivity (Wildman–Crippen MR) is 130 cm³/mol. The van der Waals surface area contributed by atoms with Gasteiger partial charge < -0.3 is 14.5 Å². The summed E-state index contributed by atoms with van der Waals surface area (Å²) in [6, 6.07) is 21.1. The van der Waals surface area contributed by atoms with E-state index < -0.39 is 10.0 Å². The van der Waals surface area contributed by atoms with E-state index in [1.807, 2.05) is 53.9 Å². The molecule has 0 aliphatic rings. The maximum absolute atomic E-state index is 12.5. The number of carbonyl (C=O) groups excluding carboxylic acids is 1. The quantitative estimate of drug-likeness (QED) is 0.319. The molecule has 0 saturated carbocycles. The summed E-state index contributed by atoms with van der Waals surface area (Å²) in [6.07, 6.45) is 1.61. The van der Waals surface area contributed by atoms with Gasteiger partial charge in [-0.1, -0.05) is 30.3 Å². The van der Waals surface area contributed by atoms with E-state index in [1.54, 1.807) is 6.26 Å². The lowest BCUT2D eigenvalue weighted by Crippen LogP contribution is -2.24. The van der Waals surface area contributed by atoms with Crippen LogP contribution in [0.25, 0.3) is 0 Å². The summed E-state index contributed by atoms with van der Waals surface area (Å²) in [5.41, 5.74) is 2.31. The summed E-state index contributed by atoms with van der Waals surface area (Å²) in [7, 11) is -3.65. The van der Waals surface area contributed by atoms with Crippen LogP contribution in [-0.2, 0) is 41.1 Å². The SMILES string of the molecule is O=C(NCc1cccc(COCc2ccco2)c1)c1ccc(S(=O)(=O)NCc2cccs2)cc1. The second kappa shape index (κ2) is 11.3. The minimum absolute atomic E-state index is 0.114. The summed E-state index contributed by atoms with van der Waals surface area (Å²) in [4.78, 5) is 13.6. The number of amides is 1. The van der Waals surface area contributed by atoms with Gasteiger partial charge in [0.15, 0.2) is 0 Å². The van der Waals surface area contributed by atoms with Gasteiger partial charge in [0.1, 0.15) is 12.4 Å². The van der Waals surface area contributed by atoms with Gasteiger partial charge in [-0.2, -0.15) is 0 Å². The van der Waals surface area contributed by atoms with E-state index in [9.17, 15) is 13.2 Å². The zero-order valence-corrected chi connectivity index (χ0v) is 19.9. The first-order valence-electron chi connectivity index (χ1n) is 10.6. The molecule has 2 heterocycles. The first-order chi connectivity index (χ1) is 16.5. The standard InChI is InChI=1S/C25H24N2O5S2/c28-25(21-8-10-24(11-9-21)34(29,30)27-16-23-7-3-13-33-23)26-15-19-4-1-5-20(14-19)17-31-18-22-6-2-12-32-22/h1-14,27H,15-18H2,(H,26,28). The van der Waals surface area contributed by atoms with Crippen molar-refractivity contribution in [2.45, 2.75) is 31.2 Å². The van der Waals surface area contributed by atoms with E-state index in [1.165, 1.54) is 35.6 Å². The third-order valence-corrected chi connectivity index (χ3v) is 7.27. The zero-order valence-electron chi connectivity index (χ0n) is 18.3. The molecule has 0 bridgehead atoms. The molecule has 0 aliphatic heterocycles. The fourth-order valence-electron chi connectivity index (χ4n) is 3.23. The number of nitrogens with one attached hydrogen (secondary N) is 2. The lowest BCUT2D eigenvalue weighted by Gasteiger charge is -2.09. The molecule has 176 valence electrons. The van der Waals surface area contributed by atoms with Crippen LogP contribution in [0.1, 0.15) is 32.1 Å². The van der Waals surface area contributed by atoms with E-state index in [0.717, 1.165) is 21.8 Å². The highest BCUT2D eigenvalue weighted by Crippen LogP contribution is 2.14. The lowest BCUT2D eigenvalue weighted by molar-refractivity contribution is 0.0928. The molecule has 0 fully saturated rings. The second-order valence-corrected chi connectivity index (χ2v) is 10.3. The molecule has 2 aromatic carbocycles. The number of rotatable bonds is 11. The van der Waals surface area contributed by atoms with Crippen molar-refractivity contribution >= 4 is 27.3 Å². The minimum atomic E-state index is -3.65. The second-order valence-electron chi connectivity index (χ2n) is 7.50. The number of furan rings is 1. The number of benzene rings is 2. The van der Waals surface area contributed by atoms with Gasteiger partial charge in [-0.05, 0) is 59.0 Å². The fourth-order valence-corrected chi connectivity index (χ4v) is 4.97. The van der Waals surface area contributed by atoms with Crippen molar-refractivity contribution in [1.82, 2.24) is 10.0 Å². The van der Waals surface area contributed by atoms with E-state index in [-0.39, 0.29) is 17.3 Å². The number of hydrogen-bond donors (Lipinski definition) is 2. The number of ether oxygens (including phenoxy) is 1. The Balaban J connectivity index is 1.28. The van der Waals surface area contributed by atoms with Crippen molar-refractivity contribution in [2.24, 2.45) is 0 Å². The Hall–Kier alpha value is -3.24. The Morgan fingerprint density at radius 1 is 0.912 bits per heavy atom. The molecule has 7 nitrogen and oxygen atoms in total. The Kier molecular flexibility index (Phi) is 7.91. The van der Waals surface area contributed by atoms with E-state index in [4.69, 9.17) is 9.15 Å². The summed E-state index contributed by atoms with van der Waals surface area (Å²) in [6.45, 7) is 1.39. The molecule has 2 aromatic heterocycles. The number of hydrogen-bond acceptors (Lipinski definition) is 6. The van der Waals surface area contributed by atoms with Crippen molar-refractivity contribution in [3.05, 3.63) is 112 Å². The summed E-state index contributed by atoms with van der Waals surface area (Å²) < 4.78 is 38.4. The smallest absolute Gasteiger partial charge is 0.251 e. The molecule has 0 atom stereocenters. The summed E-state index contributed by atoms with van der Waals surface area (Å²) >= 11 is 1.48. The predicted octanol–water partition coefficient (Wildman–Crippen LogP) is 4.47. The molecule has 4 aromatic rings. The number of carbonyl (C=O) groups is 1. The van der Waals surface area contributed by atoms with Crippen molar-refractivity contribution in [3.63, 3.8) is 0 Å². The maximum Gasteiger partial charge on any atom is 0.251 e. The molecule has 2 N–H and O–H groups in total. The molecule has 0 radical (unpaired) electrons. The van der Waals surface area contributed by atoms with Crippen LogP contribution >= 0.6 is 11.3 Å². The summed E-state index contributed by atoms with van der Waals surface area (Å²) in [5.74, 6) is 0.482. The first kappa shape index (κ1) is 23.9. The Bertz CT molecular complexity index is 1300. The van der Waals surface area contributed by atoms with Crippen LogP contribution in [0.5, 0.6) is 0 Å². The monoisotopic (exact) mass is 496 g/mol. The number of thiophene rings is 1. The Morgan fingerprint density at radius 2 is 1.74 bits per heavy atom. The van der Waals surface area contributed by atoms with Gasteiger partial charge >= 0.3 is 0 Å². The van der Waals surface area contributed by atoms with Crippen LogP contribution in [-0.4, -0.2) is 14.3 Å². The first-order valence-corrected chi connectivity index (χ1v) is 12.9. The highest BCUT2D eigenvalue weighted by Gasteiger charge is 2.15. The molecule has 0 spiro atoms. The molecule has 9 heteroatoms. The minimum Gasteiger partial charge on any atom is -0.467 e. The van der Waals surface area contributed by atoms with Crippen molar-refractivity contribution in [1.29, 1.82) is 0 Å². The van der Waals surface area contributed by atoms with Crippen molar-refractivity contribution in [3.8, 4) is 0 Å². The topological polar surface area (TPSA) is 97.6 Å². The maximum atomic E-state index is 12.5. The van der Waals surface area contributed by atoms with Crippen molar-refractivity contribution in [2.75, 3.05) is 0 Å². The molecule has 1 amide bonds. The summed E-state index contributed by atoms with van der Waals surface area (Å²) in [5, 5.41) is 4.76. The van der Waals surface area contributed by atoms with Crippen LogP contribution in [0.4, 0.5) is 0 Å². The largest absolute Gasteiger partial charge is 0.467 e. The molecule has 34 heavy (non-hydrogen) atoms. The average molecular weight is 497 g/mol. The van der Waals surface area contributed by atoms with E-state index in [0.29, 0.717) is 25.3 Å². The van der Waals surface area contributed by atoms with Crippen molar-refractivity contribution < 1.29 is 22.4 Å². The average Bonchev–Trinajstić information content (AvgIpc) is 3.56. The van der Waals surface area contributed by atoms with Crippen LogP contribution in [0.3, 0.4) is 0 Å². The van der Waals surface area contributed by atoms with Gasteiger partial charge in [-0.15, -0.1) is 11.3 Å². The molecular formula is C25H24N2O5S2. The number of sulfonamides is 1. The highest BCUT2D eigenvalue weighted by molar-refractivity contribution is 7.89. The Morgan fingerprint density at radius 3 is 2.47 bits per heavy atom. The molecule has 4 rings (SSSR count). The van der Waals surface area contributed by atoms with Crippen LogP contribution in [0.2, 0.25) is 0 Å². The third kappa shape index (κ3) is 6.64. The molecule has 0 unspecified atom stereocenters. The van der Waals surface area contributed by atoms with Crippen LogP contribution in [0.15, 0.2) is 93.8 Å². The molecule has 0 aliphatic carbocycles. The van der Waals surface area contributed by atoms with E-state index in [2.05, 4.69) is 10.0 Å². The molecular weight excluding hydrogens is 472 g/mol. The Labute approximate surface area is 202 Å². The third-order valence-electron chi connectivity index (χ3n) is 4.98.